The summed E-state index contributed by atoms with van der Waals surface area (Å²) in [5, 5.41) is 3.28. The summed E-state index contributed by atoms with van der Waals surface area (Å²) in [6.07, 6.45) is 6.04. The van der Waals surface area contributed by atoms with Crippen LogP contribution in [0.25, 0.3) is 0 Å². The Hall–Kier alpha value is -1.09. The monoisotopic (exact) mass is 293 g/mol. The Morgan fingerprint density at radius 3 is 2.81 bits per heavy atom. The van der Waals surface area contributed by atoms with Gasteiger partial charge in [-0.2, -0.15) is 0 Å². The Morgan fingerprint density at radius 2 is 2.14 bits per heavy atom. The van der Waals surface area contributed by atoms with Crippen LogP contribution in [0.4, 0.5) is 4.39 Å². The minimum absolute atomic E-state index is 0.164. The molecule has 0 spiro atoms. The maximum absolute atomic E-state index is 14.6. The van der Waals surface area contributed by atoms with E-state index < -0.39 is 0 Å². The van der Waals surface area contributed by atoms with Crippen molar-refractivity contribution in [3.63, 3.8) is 0 Å². The summed E-state index contributed by atoms with van der Waals surface area (Å²) in [6.45, 7) is 3.20. The second-order valence-electron chi connectivity index (χ2n) is 6.26. The molecule has 1 saturated carbocycles. The number of benzene rings is 1. The molecule has 1 aromatic carbocycles. The predicted molar refractivity (Wildman–Crippen MR) is 85.4 cm³/mol. The Morgan fingerprint density at radius 1 is 1.33 bits per heavy atom. The first kappa shape index (κ1) is 16.3. The lowest BCUT2D eigenvalue weighted by atomic mass is 9.70. The van der Waals surface area contributed by atoms with E-state index in [4.69, 9.17) is 4.74 Å². The third-order valence-corrected chi connectivity index (χ3v) is 4.88. The Kier molecular flexibility index (Phi) is 6.04. The molecule has 1 N–H and O–H groups in total. The lowest BCUT2D eigenvalue weighted by Gasteiger charge is -2.37. The normalized spacial score (nSPS) is 25.8. The van der Waals surface area contributed by atoms with Crippen molar-refractivity contribution in [2.45, 2.75) is 44.9 Å². The number of nitrogens with one attached hydrogen (secondary N) is 1. The fourth-order valence-corrected chi connectivity index (χ4v) is 3.85. The summed E-state index contributed by atoms with van der Waals surface area (Å²) in [7, 11) is 3.52. The molecule has 1 aliphatic rings. The van der Waals surface area contributed by atoms with Crippen molar-refractivity contribution in [2.24, 2.45) is 11.8 Å². The SMILES string of the molecule is CCCC1CCC(CNC)C(c2cccc(OC)c2F)C1. The molecule has 3 heteroatoms. The van der Waals surface area contributed by atoms with E-state index >= 15 is 0 Å². The van der Waals surface area contributed by atoms with Crippen LogP contribution in [0.2, 0.25) is 0 Å². The van der Waals surface area contributed by atoms with Crippen molar-refractivity contribution in [1.82, 2.24) is 5.32 Å². The highest BCUT2D eigenvalue weighted by Crippen LogP contribution is 2.43. The van der Waals surface area contributed by atoms with Gasteiger partial charge >= 0.3 is 0 Å². The lowest BCUT2D eigenvalue weighted by Crippen LogP contribution is -2.31. The van der Waals surface area contributed by atoms with Crippen molar-refractivity contribution in [2.75, 3.05) is 20.7 Å². The maximum atomic E-state index is 14.6. The smallest absolute Gasteiger partial charge is 0.168 e. The molecule has 3 atom stereocenters. The Balaban J connectivity index is 2.26. The second kappa shape index (κ2) is 7.79. The van der Waals surface area contributed by atoms with Gasteiger partial charge in [-0.1, -0.05) is 38.3 Å². The van der Waals surface area contributed by atoms with Crippen LogP contribution in [0.3, 0.4) is 0 Å². The van der Waals surface area contributed by atoms with Crippen molar-refractivity contribution in [3.05, 3.63) is 29.6 Å². The zero-order valence-electron chi connectivity index (χ0n) is 13.5. The van der Waals surface area contributed by atoms with Gasteiger partial charge in [0.2, 0.25) is 0 Å². The molecule has 1 aromatic rings. The number of rotatable bonds is 6. The first-order chi connectivity index (χ1) is 10.2. The lowest BCUT2D eigenvalue weighted by molar-refractivity contribution is 0.218. The van der Waals surface area contributed by atoms with Crippen LogP contribution < -0.4 is 10.1 Å². The van der Waals surface area contributed by atoms with Gasteiger partial charge in [0.15, 0.2) is 11.6 Å². The molecule has 3 unspecified atom stereocenters. The molecule has 2 nitrogen and oxygen atoms in total. The van der Waals surface area contributed by atoms with Gasteiger partial charge in [-0.3, -0.25) is 0 Å². The number of hydrogen-bond acceptors (Lipinski definition) is 2. The van der Waals surface area contributed by atoms with Crippen LogP contribution in [0.1, 0.15) is 50.5 Å². The summed E-state index contributed by atoms with van der Waals surface area (Å²) in [5.41, 5.74) is 0.843. The highest BCUT2D eigenvalue weighted by atomic mass is 19.1. The molecule has 0 aliphatic heterocycles. The molecule has 0 saturated heterocycles. The molecule has 0 bridgehead atoms. The van der Waals surface area contributed by atoms with E-state index in [1.54, 1.807) is 6.07 Å². The van der Waals surface area contributed by atoms with E-state index in [0.29, 0.717) is 17.6 Å². The number of ether oxygens (including phenoxy) is 1. The van der Waals surface area contributed by atoms with Crippen molar-refractivity contribution < 1.29 is 9.13 Å². The summed E-state index contributed by atoms with van der Waals surface area (Å²) in [6, 6.07) is 5.56. The van der Waals surface area contributed by atoms with Crippen LogP contribution in [0, 0.1) is 17.7 Å². The zero-order chi connectivity index (χ0) is 15.2. The third-order valence-electron chi connectivity index (χ3n) is 4.88. The molecule has 0 aromatic heterocycles. The van der Waals surface area contributed by atoms with Gasteiger partial charge in [0.1, 0.15) is 0 Å². The van der Waals surface area contributed by atoms with E-state index in [0.717, 1.165) is 24.4 Å². The van der Waals surface area contributed by atoms with E-state index in [1.165, 1.54) is 32.8 Å². The van der Waals surface area contributed by atoms with Gasteiger partial charge in [0, 0.05) is 0 Å². The van der Waals surface area contributed by atoms with Gasteiger partial charge in [0.05, 0.1) is 7.11 Å². The largest absolute Gasteiger partial charge is 0.494 e. The highest BCUT2D eigenvalue weighted by Gasteiger charge is 2.32. The van der Waals surface area contributed by atoms with Gasteiger partial charge in [-0.05, 0) is 55.8 Å². The van der Waals surface area contributed by atoms with Gasteiger partial charge < -0.3 is 10.1 Å². The van der Waals surface area contributed by atoms with Crippen LogP contribution in [-0.2, 0) is 0 Å². The fourth-order valence-electron chi connectivity index (χ4n) is 3.85. The maximum Gasteiger partial charge on any atom is 0.168 e. The number of methoxy groups -OCH3 is 1. The third kappa shape index (κ3) is 3.76. The molecule has 21 heavy (non-hydrogen) atoms. The zero-order valence-corrected chi connectivity index (χ0v) is 13.5. The van der Waals surface area contributed by atoms with Crippen LogP contribution >= 0.6 is 0 Å². The quantitative estimate of drug-likeness (QED) is 0.841. The van der Waals surface area contributed by atoms with Crippen LogP contribution in [0.5, 0.6) is 5.75 Å². The minimum atomic E-state index is -0.164. The summed E-state index contributed by atoms with van der Waals surface area (Å²) < 4.78 is 19.8. The first-order valence-electron chi connectivity index (χ1n) is 8.18. The summed E-state index contributed by atoms with van der Waals surface area (Å²) in [5.74, 6) is 1.76. The molecule has 118 valence electrons. The van der Waals surface area contributed by atoms with Gasteiger partial charge in [-0.15, -0.1) is 0 Å². The second-order valence-corrected chi connectivity index (χ2v) is 6.26. The van der Waals surface area contributed by atoms with E-state index in [-0.39, 0.29) is 5.82 Å². The molecule has 2 rings (SSSR count). The number of halogens is 1. The molecule has 1 aliphatic carbocycles. The van der Waals surface area contributed by atoms with E-state index in [1.807, 2.05) is 19.2 Å². The van der Waals surface area contributed by atoms with E-state index in [2.05, 4.69) is 12.2 Å². The minimum Gasteiger partial charge on any atom is -0.494 e. The van der Waals surface area contributed by atoms with Crippen LogP contribution in [-0.4, -0.2) is 20.7 Å². The molecule has 1 fully saturated rings. The van der Waals surface area contributed by atoms with Gasteiger partial charge in [-0.25, -0.2) is 4.39 Å². The molecule has 0 radical (unpaired) electrons. The fraction of sp³-hybridized carbons (Fsp3) is 0.667. The Bertz CT molecular complexity index is 449. The average Bonchev–Trinajstić information content (AvgIpc) is 2.50. The van der Waals surface area contributed by atoms with Crippen molar-refractivity contribution in [3.8, 4) is 5.75 Å². The highest BCUT2D eigenvalue weighted by molar-refractivity contribution is 5.34. The predicted octanol–water partition coefficient (Wildman–Crippen LogP) is 4.35. The van der Waals surface area contributed by atoms with E-state index in [9.17, 15) is 4.39 Å². The van der Waals surface area contributed by atoms with Crippen molar-refractivity contribution in [1.29, 1.82) is 0 Å². The number of hydrogen-bond donors (Lipinski definition) is 1. The molecule has 0 amide bonds. The molecular weight excluding hydrogens is 265 g/mol. The molecular formula is C18H28FNO. The average molecular weight is 293 g/mol. The topological polar surface area (TPSA) is 21.3 Å². The standard InChI is InChI=1S/C18H28FNO/c1-4-6-13-9-10-14(12-20-2)16(11-13)15-7-5-8-17(21-3)18(15)19/h5,7-8,13-14,16,20H,4,6,9-12H2,1-3H3. The van der Waals surface area contributed by atoms with Gasteiger partial charge in [0.25, 0.3) is 0 Å². The first-order valence-corrected chi connectivity index (χ1v) is 8.18. The summed E-state index contributed by atoms with van der Waals surface area (Å²) in [4.78, 5) is 0. The summed E-state index contributed by atoms with van der Waals surface area (Å²) >= 11 is 0. The Labute approximate surface area is 128 Å². The van der Waals surface area contributed by atoms with Crippen LogP contribution in [0.15, 0.2) is 18.2 Å². The van der Waals surface area contributed by atoms with Crippen molar-refractivity contribution >= 4 is 0 Å². The molecule has 0 heterocycles.